The molecule has 2 heterocycles. The molecule has 8 heteroatoms. The first-order valence-corrected chi connectivity index (χ1v) is 13.1. The van der Waals surface area contributed by atoms with Gasteiger partial charge in [-0.05, 0) is 83.2 Å². The number of nitrogens with zero attached hydrogens (tertiary/aromatic N) is 3. The van der Waals surface area contributed by atoms with Gasteiger partial charge in [0.25, 0.3) is 0 Å². The van der Waals surface area contributed by atoms with Crippen LogP contribution < -0.4 is 4.74 Å². The minimum absolute atomic E-state index is 0.190. The van der Waals surface area contributed by atoms with Gasteiger partial charge in [0.15, 0.2) is 0 Å². The lowest BCUT2D eigenvalue weighted by Crippen LogP contribution is -2.43. The number of hydrogen-bond donors (Lipinski definition) is 0. The molecular formula is C30H35N3O5. The Morgan fingerprint density at radius 2 is 1.92 bits per heavy atom. The number of allylic oxidation sites excluding steroid dienone is 3. The highest BCUT2D eigenvalue weighted by Crippen LogP contribution is 2.35. The molecule has 1 atom stereocenters. The van der Waals surface area contributed by atoms with Crippen LogP contribution in [0.2, 0.25) is 0 Å². The third kappa shape index (κ3) is 6.28. The Hall–Kier alpha value is -3.99. The van der Waals surface area contributed by atoms with E-state index in [0.29, 0.717) is 24.4 Å². The molecule has 1 unspecified atom stereocenters. The highest BCUT2D eigenvalue weighted by Gasteiger charge is 2.33. The van der Waals surface area contributed by atoms with Crippen molar-refractivity contribution in [1.29, 1.82) is 5.26 Å². The lowest BCUT2D eigenvalue weighted by Gasteiger charge is -2.35. The summed E-state index contributed by atoms with van der Waals surface area (Å²) in [4.78, 5) is 27.5. The van der Waals surface area contributed by atoms with Crippen LogP contribution in [0.15, 0.2) is 54.4 Å². The average Bonchev–Trinajstić information content (AvgIpc) is 3.29. The largest absolute Gasteiger partial charge is 0.461 e. The zero-order valence-electron chi connectivity index (χ0n) is 22.5. The van der Waals surface area contributed by atoms with Gasteiger partial charge in [0.05, 0.1) is 18.2 Å². The summed E-state index contributed by atoms with van der Waals surface area (Å²) < 4.78 is 18.7. The van der Waals surface area contributed by atoms with Gasteiger partial charge in [0.2, 0.25) is 0 Å². The quantitative estimate of drug-likeness (QED) is 0.412. The molecule has 1 aliphatic heterocycles. The number of hydrogen-bond acceptors (Lipinski definition) is 6. The predicted molar refractivity (Wildman–Crippen MR) is 144 cm³/mol. The zero-order chi connectivity index (χ0) is 27.3. The molecule has 200 valence electrons. The standard InChI is InChI=1S/C30H35N3O5/c1-5-36-28(34)27-25(18-31)26(21-13-15-24(16-14-21)37-23-11-7-6-8-12-23)20-33(27)22-10-9-17-32(19-22)29(35)38-30(2,3)4/h7,11-16,20,22H,5-6,8-10,17,19H2,1-4H3. The lowest BCUT2D eigenvalue weighted by atomic mass is 10.0. The van der Waals surface area contributed by atoms with Crippen molar-refractivity contribution in [2.45, 2.75) is 65.0 Å². The highest BCUT2D eigenvalue weighted by molar-refractivity contribution is 5.94. The Morgan fingerprint density at radius 1 is 1.16 bits per heavy atom. The summed E-state index contributed by atoms with van der Waals surface area (Å²) in [7, 11) is 0. The number of carbonyl (C=O) groups excluding carboxylic acids is 2. The molecular weight excluding hydrogens is 482 g/mol. The third-order valence-corrected chi connectivity index (χ3v) is 6.42. The summed E-state index contributed by atoms with van der Waals surface area (Å²) in [5.74, 6) is 0.945. The van der Waals surface area contributed by atoms with Crippen LogP contribution in [-0.4, -0.2) is 46.8 Å². The number of carbonyl (C=O) groups is 2. The number of nitriles is 1. The fraction of sp³-hybridized carbons (Fsp3) is 0.433. The van der Waals surface area contributed by atoms with E-state index in [1.54, 1.807) is 11.8 Å². The third-order valence-electron chi connectivity index (χ3n) is 6.42. The monoisotopic (exact) mass is 517 g/mol. The van der Waals surface area contributed by atoms with Crippen LogP contribution in [0.1, 0.15) is 75.5 Å². The maximum Gasteiger partial charge on any atom is 0.410 e. The van der Waals surface area contributed by atoms with Crippen molar-refractivity contribution in [3.63, 3.8) is 0 Å². The summed E-state index contributed by atoms with van der Waals surface area (Å²) in [6.07, 6.45) is 11.0. The Bertz CT molecular complexity index is 1270. The number of rotatable bonds is 6. The smallest absolute Gasteiger partial charge is 0.410 e. The van der Waals surface area contributed by atoms with E-state index in [1.807, 2.05) is 61.9 Å². The molecule has 2 aromatic rings. The molecule has 2 aliphatic rings. The molecule has 0 bridgehead atoms. The second-order valence-electron chi connectivity index (χ2n) is 10.4. The Balaban J connectivity index is 1.66. The molecule has 1 fully saturated rings. The van der Waals surface area contributed by atoms with Crippen molar-refractivity contribution >= 4 is 12.1 Å². The number of likely N-dealkylation sites (tertiary alicyclic amines) is 1. The van der Waals surface area contributed by atoms with Crippen molar-refractivity contribution in [3.8, 4) is 22.9 Å². The summed E-state index contributed by atoms with van der Waals surface area (Å²) in [6.45, 7) is 8.38. The highest BCUT2D eigenvalue weighted by atomic mass is 16.6. The first-order valence-electron chi connectivity index (χ1n) is 13.1. The molecule has 1 saturated heterocycles. The van der Waals surface area contributed by atoms with Crippen LogP contribution in [-0.2, 0) is 9.47 Å². The molecule has 8 nitrogen and oxygen atoms in total. The first-order chi connectivity index (χ1) is 18.2. The van der Waals surface area contributed by atoms with Crippen LogP contribution in [0, 0.1) is 11.3 Å². The van der Waals surface area contributed by atoms with Gasteiger partial charge in [-0.25, -0.2) is 9.59 Å². The van der Waals surface area contributed by atoms with Gasteiger partial charge < -0.3 is 23.7 Å². The minimum atomic E-state index is -0.603. The van der Waals surface area contributed by atoms with Gasteiger partial charge >= 0.3 is 12.1 Å². The predicted octanol–water partition coefficient (Wildman–Crippen LogP) is 6.39. The van der Waals surface area contributed by atoms with Crippen molar-refractivity contribution < 1.29 is 23.8 Å². The first kappa shape index (κ1) is 27.1. The fourth-order valence-corrected chi connectivity index (χ4v) is 4.73. The fourth-order valence-electron chi connectivity index (χ4n) is 4.73. The van der Waals surface area contributed by atoms with Crippen LogP contribution in [0.25, 0.3) is 11.1 Å². The van der Waals surface area contributed by atoms with Crippen LogP contribution in [0.4, 0.5) is 4.79 Å². The average molecular weight is 518 g/mol. The maximum atomic E-state index is 13.1. The Labute approximate surface area is 224 Å². The number of aromatic nitrogens is 1. The Morgan fingerprint density at radius 3 is 2.55 bits per heavy atom. The minimum Gasteiger partial charge on any atom is -0.461 e. The van der Waals surface area contributed by atoms with E-state index in [1.165, 1.54) is 0 Å². The van der Waals surface area contributed by atoms with Gasteiger partial charge in [-0.2, -0.15) is 5.26 Å². The van der Waals surface area contributed by atoms with Crippen molar-refractivity contribution in [2.75, 3.05) is 19.7 Å². The maximum absolute atomic E-state index is 13.1. The lowest BCUT2D eigenvalue weighted by molar-refractivity contribution is 0.0171. The molecule has 1 aromatic carbocycles. The van der Waals surface area contributed by atoms with Crippen molar-refractivity contribution in [1.82, 2.24) is 9.47 Å². The van der Waals surface area contributed by atoms with Gasteiger partial charge in [-0.1, -0.05) is 18.2 Å². The number of benzene rings is 1. The van der Waals surface area contributed by atoms with Gasteiger partial charge in [-0.3, -0.25) is 0 Å². The van der Waals surface area contributed by atoms with Gasteiger partial charge in [0, 0.05) is 24.8 Å². The van der Waals surface area contributed by atoms with Gasteiger partial charge in [0.1, 0.15) is 28.9 Å². The van der Waals surface area contributed by atoms with E-state index in [2.05, 4.69) is 18.2 Å². The van der Waals surface area contributed by atoms with E-state index >= 15 is 0 Å². The number of piperidine rings is 1. The van der Waals surface area contributed by atoms with Crippen LogP contribution in [0.5, 0.6) is 5.75 Å². The second kappa shape index (κ2) is 11.6. The van der Waals surface area contributed by atoms with Crippen LogP contribution in [0.3, 0.4) is 0 Å². The Kier molecular flexibility index (Phi) is 8.26. The van der Waals surface area contributed by atoms with E-state index in [-0.39, 0.29) is 30.0 Å². The number of esters is 1. The van der Waals surface area contributed by atoms with Gasteiger partial charge in [-0.15, -0.1) is 0 Å². The molecule has 0 spiro atoms. The zero-order valence-corrected chi connectivity index (χ0v) is 22.5. The molecule has 0 N–H and O–H groups in total. The summed E-state index contributed by atoms with van der Waals surface area (Å²) in [6, 6.07) is 9.49. The molecule has 0 saturated carbocycles. The summed E-state index contributed by atoms with van der Waals surface area (Å²) in [5, 5.41) is 10.1. The topological polar surface area (TPSA) is 93.8 Å². The normalized spacial score (nSPS) is 17.4. The number of amides is 1. The molecule has 4 rings (SSSR count). The summed E-state index contributed by atoms with van der Waals surface area (Å²) >= 11 is 0. The van der Waals surface area contributed by atoms with Crippen molar-refractivity contribution in [2.24, 2.45) is 0 Å². The van der Waals surface area contributed by atoms with E-state index in [0.717, 1.165) is 37.0 Å². The van der Waals surface area contributed by atoms with Crippen LogP contribution >= 0.6 is 0 Å². The molecule has 0 radical (unpaired) electrons. The number of ether oxygens (including phenoxy) is 3. The SMILES string of the molecule is CCOC(=O)c1c(C#N)c(-c2ccc(OC3=CCCC=C3)cc2)cn1C1CCCN(C(=O)OC(C)(C)C)C1. The van der Waals surface area contributed by atoms with E-state index in [4.69, 9.17) is 14.2 Å². The van der Waals surface area contributed by atoms with Crippen molar-refractivity contribution in [3.05, 3.63) is 65.7 Å². The van der Waals surface area contributed by atoms with E-state index < -0.39 is 11.6 Å². The van der Waals surface area contributed by atoms with E-state index in [9.17, 15) is 14.9 Å². The molecule has 1 aliphatic carbocycles. The molecule has 1 amide bonds. The molecule has 1 aromatic heterocycles. The summed E-state index contributed by atoms with van der Waals surface area (Å²) in [5.41, 5.74) is 1.27. The second-order valence-corrected chi connectivity index (χ2v) is 10.4. The molecule has 38 heavy (non-hydrogen) atoms.